The van der Waals surface area contributed by atoms with E-state index in [0.717, 1.165) is 30.3 Å². The van der Waals surface area contributed by atoms with Gasteiger partial charge in [-0.3, -0.25) is 4.90 Å². The van der Waals surface area contributed by atoms with E-state index in [-0.39, 0.29) is 0 Å². The molecule has 0 radical (unpaired) electrons. The van der Waals surface area contributed by atoms with Gasteiger partial charge in [-0.2, -0.15) is 0 Å². The Labute approximate surface area is 110 Å². The summed E-state index contributed by atoms with van der Waals surface area (Å²) in [5.74, 6) is 0. The van der Waals surface area contributed by atoms with Gasteiger partial charge in [0, 0.05) is 12.2 Å². The Balaban J connectivity index is 2.68. The minimum absolute atomic E-state index is 0.829. The number of likely N-dealkylation sites (N-methyl/N-ethyl adjacent to an activating group) is 1. The van der Waals surface area contributed by atoms with Crippen molar-refractivity contribution in [1.29, 1.82) is 0 Å². The first-order valence-electron chi connectivity index (χ1n) is 6.16. The summed E-state index contributed by atoms with van der Waals surface area (Å²) in [6.45, 7) is 11.4. The molecule has 1 aromatic rings. The first kappa shape index (κ1) is 14.1. The van der Waals surface area contributed by atoms with Crippen molar-refractivity contribution in [1.82, 2.24) is 4.90 Å². The molecule has 0 aliphatic carbocycles. The van der Waals surface area contributed by atoms with Crippen LogP contribution in [-0.2, 0) is 0 Å². The summed E-state index contributed by atoms with van der Waals surface area (Å²) < 4.78 is 0. The molecule has 0 amide bonds. The second kappa shape index (κ2) is 6.72. The van der Waals surface area contributed by atoms with Crippen molar-refractivity contribution >= 4 is 22.9 Å². The smallest absolute Gasteiger partial charge is 0.0940 e. The van der Waals surface area contributed by atoms with Crippen molar-refractivity contribution in [2.45, 2.75) is 27.7 Å². The third-order valence-corrected chi connectivity index (χ3v) is 3.24. The number of hydrogen-bond donors (Lipinski definition) is 1. The second-order valence-corrected chi connectivity index (χ2v) is 4.77. The molecule has 1 N–H and O–H groups in total. The summed E-state index contributed by atoms with van der Waals surface area (Å²) >= 11 is 5.41. The monoisotopic (exact) mass is 250 g/mol. The lowest BCUT2D eigenvalue weighted by Gasteiger charge is -2.20. The van der Waals surface area contributed by atoms with Gasteiger partial charge >= 0.3 is 0 Å². The molecule has 0 unspecified atom stereocenters. The Bertz CT molecular complexity index is 364. The average molecular weight is 250 g/mol. The topological polar surface area (TPSA) is 15.3 Å². The van der Waals surface area contributed by atoms with Crippen LogP contribution in [0.3, 0.4) is 0 Å². The van der Waals surface area contributed by atoms with Crippen molar-refractivity contribution in [3.8, 4) is 0 Å². The highest BCUT2D eigenvalue weighted by atomic mass is 32.1. The number of thiocarbonyl (C=S) groups is 1. The van der Waals surface area contributed by atoms with Crippen molar-refractivity contribution < 1.29 is 0 Å². The summed E-state index contributed by atoms with van der Waals surface area (Å²) in [6.07, 6.45) is 0. The maximum absolute atomic E-state index is 5.41. The van der Waals surface area contributed by atoms with Crippen LogP contribution in [0.1, 0.15) is 25.0 Å². The molecule has 3 heteroatoms. The number of para-hydroxylation sites is 1. The molecule has 0 aliphatic rings. The quantitative estimate of drug-likeness (QED) is 0.807. The van der Waals surface area contributed by atoms with E-state index < -0.39 is 0 Å². The number of anilines is 1. The Morgan fingerprint density at radius 2 is 1.71 bits per heavy atom. The molecule has 17 heavy (non-hydrogen) atoms. The van der Waals surface area contributed by atoms with Crippen molar-refractivity contribution in [2.24, 2.45) is 0 Å². The van der Waals surface area contributed by atoms with Crippen LogP contribution < -0.4 is 5.32 Å². The molecule has 0 aliphatic heterocycles. The minimum atomic E-state index is 0.829. The standard InChI is InChI=1S/C14H22N2S/c1-5-16(6-2)10-13(17)15-14-11(3)8-7-9-12(14)4/h7-9H,5-6,10H2,1-4H3,(H,15,17). The highest BCUT2D eigenvalue weighted by Gasteiger charge is 2.07. The lowest BCUT2D eigenvalue weighted by atomic mass is 10.1. The summed E-state index contributed by atoms with van der Waals surface area (Å²) in [5, 5.41) is 3.37. The molecule has 2 nitrogen and oxygen atoms in total. The first-order valence-corrected chi connectivity index (χ1v) is 6.57. The van der Waals surface area contributed by atoms with Crippen LogP contribution >= 0.6 is 12.2 Å². The predicted octanol–water partition coefficient (Wildman–Crippen LogP) is 3.38. The van der Waals surface area contributed by atoms with Crippen molar-refractivity contribution in [3.63, 3.8) is 0 Å². The lowest BCUT2D eigenvalue weighted by molar-refractivity contribution is 0.348. The minimum Gasteiger partial charge on any atom is -0.349 e. The van der Waals surface area contributed by atoms with Crippen LogP contribution in [0.15, 0.2) is 18.2 Å². The summed E-state index contributed by atoms with van der Waals surface area (Å²) in [7, 11) is 0. The fraction of sp³-hybridized carbons (Fsp3) is 0.500. The SMILES string of the molecule is CCN(CC)CC(=S)Nc1c(C)cccc1C. The predicted molar refractivity (Wildman–Crippen MR) is 79.9 cm³/mol. The third kappa shape index (κ3) is 4.10. The van der Waals surface area contributed by atoms with E-state index in [1.807, 2.05) is 0 Å². The zero-order valence-corrected chi connectivity index (χ0v) is 12.0. The Kier molecular flexibility index (Phi) is 5.59. The lowest BCUT2D eigenvalue weighted by Crippen LogP contribution is -2.32. The number of rotatable bonds is 5. The van der Waals surface area contributed by atoms with Crippen LogP contribution in [0.2, 0.25) is 0 Å². The maximum atomic E-state index is 5.41. The molecule has 1 rings (SSSR count). The molecule has 0 fully saturated rings. The molecule has 0 saturated carbocycles. The number of benzene rings is 1. The zero-order valence-electron chi connectivity index (χ0n) is 11.2. The van der Waals surface area contributed by atoms with E-state index in [2.05, 4.69) is 56.1 Å². The van der Waals surface area contributed by atoms with Crippen LogP contribution in [0.25, 0.3) is 0 Å². The van der Waals surface area contributed by atoms with E-state index in [1.54, 1.807) is 0 Å². The molecule has 1 aromatic carbocycles. The Morgan fingerprint density at radius 1 is 1.18 bits per heavy atom. The molecule has 94 valence electrons. The largest absolute Gasteiger partial charge is 0.349 e. The molecule has 0 heterocycles. The van der Waals surface area contributed by atoms with Gasteiger partial charge in [0.1, 0.15) is 0 Å². The van der Waals surface area contributed by atoms with Crippen LogP contribution in [0.5, 0.6) is 0 Å². The molecule has 0 spiro atoms. The zero-order chi connectivity index (χ0) is 12.8. The normalized spacial score (nSPS) is 10.6. The van der Waals surface area contributed by atoms with Crippen LogP contribution in [-0.4, -0.2) is 29.5 Å². The third-order valence-electron chi connectivity index (χ3n) is 3.01. The van der Waals surface area contributed by atoms with Gasteiger partial charge in [-0.1, -0.05) is 44.3 Å². The molecule has 0 aromatic heterocycles. The van der Waals surface area contributed by atoms with Gasteiger partial charge in [0.05, 0.1) is 4.99 Å². The van der Waals surface area contributed by atoms with Gasteiger partial charge in [0.2, 0.25) is 0 Å². The fourth-order valence-corrected chi connectivity index (χ4v) is 2.13. The van der Waals surface area contributed by atoms with Crippen LogP contribution in [0.4, 0.5) is 5.69 Å². The summed E-state index contributed by atoms with van der Waals surface area (Å²) in [6, 6.07) is 6.29. The van der Waals surface area contributed by atoms with E-state index in [9.17, 15) is 0 Å². The van der Waals surface area contributed by atoms with E-state index in [0.29, 0.717) is 0 Å². The Morgan fingerprint density at radius 3 is 2.18 bits per heavy atom. The van der Waals surface area contributed by atoms with Crippen molar-refractivity contribution in [3.05, 3.63) is 29.3 Å². The van der Waals surface area contributed by atoms with Crippen LogP contribution in [0, 0.1) is 13.8 Å². The molecule has 0 saturated heterocycles. The van der Waals surface area contributed by atoms with Gasteiger partial charge in [-0.05, 0) is 38.1 Å². The van der Waals surface area contributed by atoms with Gasteiger partial charge in [0.15, 0.2) is 0 Å². The van der Waals surface area contributed by atoms with E-state index in [1.165, 1.54) is 11.1 Å². The van der Waals surface area contributed by atoms with E-state index in [4.69, 9.17) is 12.2 Å². The second-order valence-electron chi connectivity index (χ2n) is 4.28. The molecule has 0 atom stereocenters. The fourth-order valence-electron chi connectivity index (χ4n) is 1.84. The van der Waals surface area contributed by atoms with Gasteiger partial charge < -0.3 is 5.32 Å². The molecular weight excluding hydrogens is 228 g/mol. The number of nitrogens with zero attached hydrogens (tertiary/aromatic N) is 1. The van der Waals surface area contributed by atoms with E-state index >= 15 is 0 Å². The summed E-state index contributed by atoms with van der Waals surface area (Å²) in [4.78, 5) is 3.20. The summed E-state index contributed by atoms with van der Waals surface area (Å²) in [5.41, 5.74) is 3.64. The molecule has 0 bridgehead atoms. The van der Waals surface area contributed by atoms with Gasteiger partial charge in [-0.15, -0.1) is 0 Å². The maximum Gasteiger partial charge on any atom is 0.0940 e. The van der Waals surface area contributed by atoms with Gasteiger partial charge in [-0.25, -0.2) is 0 Å². The number of nitrogens with one attached hydrogen (secondary N) is 1. The number of aryl methyl sites for hydroxylation is 2. The number of hydrogen-bond acceptors (Lipinski definition) is 2. The van der Waals surface area contributed by atoms with Gasteiger partial charge in [0.25, 0.3) is 0 Å². The Hall–Kier alpha value is -0.930. The van der Waals surface area contributed by atoms with Crippen molar-refractivity contribution in [2.75, 3.05) is 25.0 Å². The highest BCUT2D eigenvalue weighted by Crippen LogP contribution is 2.19. The molecular formula is C14H22N2S. The average Bonchev–Trinajstić information content (AvgIpc) is 2.31. The first-order chi connectivity index (χ1) is 8.08. The highest BCUT2D eigenvalue weighted by molar-refractivity contribution is 7.80.